The largest absolute Gasteiger partial charge is 0.491 e. The Hall–Kier alpha value is -1.79. The molecular weight excluding hydrogens is 341 g/mol. The average Bonchev–Trinajstić information content (AvgIpc) is 2.43. The van der Waals surface area contributed by atoms with Gasteiger partial charge in [0.2, 0.25) is 0 Å². The Balaban J connectivity index is 1.79. The normalized spacial score (nSPS) is 12.0. The molecule has 2 aromatic carbocycles. The molecular formula is C15H15BrFNO3. The van der Waals surface area contributed by atoms with Crippen LogP contribution in [0.5, 0.6) is 11.5 Å². The number of aliphatic hydroxyl groups is 1. The molecule has 0 spiro atoms. The molecule has 2 aromatic rings. The van der Waals surface area contributed by atoms with Crippen LogP contribution in [0.3, 0.4) is 0 Å². The molecule has 0 aromatic heterocycles. The number of anilines is 1. The summed E-state index contributed by atoms with van der Waals surface area (Å²) in [5.74, 6) is 0.539. The van der Waals surface area contributed by atoms with E-state index in [2.05, 4.69) is 15.9 Å². The van der Waals surface area contributed by atoms with Crippen molar-refractivity contribution in [2.45, 2.75) is 6.10 Å². The number of benzene rings is 2. The van der Waals surface area contributed by atoms with E-state index in [-0.39, 0.29) is 13.2 Å². The van der Waals surface area contributed by atoms with Gasteiger partial charge < -0.3 is 20.3 Å². The van der Waals surface area contributed by atoms with Crippen molar-refractivity contribution in [2.75, 3.05) is 18.9 Å². The molecule has 6 heteroatoms. The number of aliphatic hydroxyl groups excluding tert-OH is 1. The first kappa shape index (κ1) is 15.6. The second kappa shape index (κ2) is 7.28. The zero-order chi connectivity index (χ0) is 15.2. The fourth-order valence-electron chi connectivity index (χ4n) is 1.61. The van der Waals surface area contributed by atoms with Gasteiger partial charge in [-0.05, 0) is 36.4 Å². The quantitative estimate of drug-likeness (QED) is 0.781. The van der Waals surface area contributed by atoms with Crippen LogP contribution in [0.1, 0.15) is 0 Å². The molecule has 0 amide bonds. The molecule has 21 heavy (non-hydrogen) atoms. The van der Waals surface area contributed by atoms with E-state index in [9.17, 15) is 9.50 Å². The van der Waals surface area contributed by atoms with Crippen molar-refractivity contribution < 1.29 is 19.0 Å². The van der Waals surface area contributed by atoms with Gasteiger partial charge in [-0.2, -0.15) is 0 Å². The van der Waals surface area contributed by atoms with E-state index >= 15 is 0 Å². The second-order valence-electron chi connectivity index (χ2n) is 4.45. The summed E-state index contributed by atoms with van der Waals surface area (Å²) in [5, 5.41) is 9.78. The van der Waals surface area contributed by atoms with Gasteiger partial charge in [0.05, 0.1) is 0 Å². The fraction of sp³-hybridized carbons (Fsp3) is 0.200. The first-order valence-electron chi connectivity index (χ1n) is 6.28. The lowest BCUT2D eigenvalue weighted by molar-refractivity contribution is 0.0625. The van der Waals surface area contributed by atoms with Crippen LogP contribution < -0.4 is 15.2 Å². The van der Waals surface area contributed by atoms with Crippen LogP contribution in [0.15, 0.2) is 46.9 Å². The summed E-state index contributed by atoms with van der Waals surface area (Å²) in [6.07, 6.45) is -0.829. The highest BCUT2D eigenvalue weighted by Gasteiger charge is 2.08. The van der Waals surface area contributed by atoms with Crippen molar-refractivity contribution in [1.82, 2.24) is 0 Å². The van der Waals surface area contributed by atoms with Crippen LogP contribution in [-0.2, 0) is 0 Å². The van der Waals surface area contributed by atoms with Gasteiger partial charge in [-0.25, -0.2) is 4.39 Å². The molecule has 112 valence electrons. The van der Waals surface area contributed by atoms with Crippen LogP contribution in [-0.4, -0.2) is 24.4 Å². The van der Waals surface area contributed by atoms with Gasteiger partial charge in [0.1, 0.15) is 36.6 Å². The van der Waals surface area contributed by atoms with E-state index in [4.69, 9.17) is 15.2 Å². The van der Waals surface area contributed by atoms with Crippen LogP contribution in [0.25, 0.3) is 0 Å². The van der Waals surface area contributed by atoms with Crippen LogP contribution in [0.2, 0.25) is 0 Å². The first-order chi connectivity index (χ1) is 10.0. The minimum absolute atomic E-state index is 0.00483. The fourth-order valence-corrected chi connectivity index (χ4v) is 2.05. The lowest BCUT2D eigenvalue weighted by Crippen LogP contribution is -2.25. The van der Waals surface area contributed by atoms with Gasteiger partial charge in [0.25, 0.3) is 0 Å². The first-order valence-corrected chi connectivity index (χ1v) is 7.07. The van der Waals surface area contributed by atoms with Gasteiger partial charge >= 0.3 is 0 Å². The minimum atomic E-state index is -0.829. The number of rotatable bonds is 6. The lowest BCUT2D eigenvalue weighted by atomic mass is 10.3. The van der Waals surface area contributed by atoms with E-state index in [1.54, 1.807) is 30.3 Å². The van der Waals surface area contributed by atoms with Gasteiger partial charge in [0, 0.05) is 16.2 Å². The van der Waals surface area contributed by atoms with Crippen molar-refractivity contribution in [2.24, 2.45) is 0 Å². The maximum Gasteiger partial charge on any atom is 0.128 e. The molecule has 4 nitrogen and oxygen atoms in total. The maximum absolute atomic E-state index is 13.1. The third kappa shape index (κ3) is 5.24. The summed E-state index contributed by atoms with van der Waals surface area (Å²) >= 11 is 3.17. The highest BCUT2D eigenvalue weighted by Crippen LogP contribution is 2.20. The Morgan fingerprint density at radius 2 is 1.67 bits per heavy atom. The predicted molar refractivity (Wildman–Crippen MR) is 82.0 cm³/mol. The minimum Gasteiger partial charge on any atom is -0.491 e. The van der Waals surface area contributed by atoms with Crippen LogP contribution in [0, 0.1) is 5.82 Å². The van der Waals surface area contributed by atoms with Crippen molar-refractivity contribution in [3.8, 4) is 11.5 Å². The average molecular weight is 356 g/mol. The van der Waals surface area contributed by atoms with Gasteiger partial charge in [0.15, 0.2) is 0 Å². The molecule has 0 saturated heterocycles. The number of nitrogens with two attached hydrogens (primary N) is 1. The van der Waals surface area contributed by atoms with E-state index < -0.39 is 11.9 Å². The molecule has 2 rings (SSSR count). The molecule has 0 aliphatic rings. The smallest absolute Gasteiger partial charge is 0.128 e. The molecule has 0 saturated carbocycles. The Kier molecular flexibility index (Phi) is 5.41. The SMILES string of the molecule is Nc1ccc(OCC(O)COc2cc(F)cc(Br)c2)cc1. The summed E-state index contributed by atoms with van der Waals surface area (Å²) in [6.45, 7) is 0.0747. The monoisotopic (exact) mass is 355 g/mol. The third-order valence-corrected chi connectivity index (χ3v) is 3.06. The van der Waals surface area contributed by atoms with Crippen molar-refractivity contribution >= 4 is 21.6 Å². The Bertz CT molecular complexity index is 572. The number of halogens is 2. The van der Waals surface area contributed by atoms with Gasteiger partial charge in [-0.1, -0.05) is 15.9 Å². The zero-order valence-corrected chi connectivity index (χ0v) is 12.7. The highest BCUT2D eigenvalue weighted by atomic mass is 79.9. The molecule has 1 atom stereocenters. The molecule has 3 N–H and O–H groups in total. The van der Waals surface area contributed by atoms with Gasteiger partial charge in [-0.15, -0.1) is 0 Å². The summed E-state index contributed by atoms with van der Waals surface area (Å²) < 4.78 is 24.4. The Morgan fingerprint density at radius 1 is 1.05 bits per heavy atom. The van der Waals surface area contributed by atoms with E-state index in [0.717, 1.165) is 0 Å². The summed E-state index contributed by atoms with van der Waals surface area (Å²) in [6, 6.07) is 11.0. The molecule has 0 radical (unpaired) electrons. The topological polar surface area (TPSA) is 64.7 Å². The number of hydrogen-bond donors (Lipinski definition) is 2. The predicted octanol–water partition coefficient (Wildman–Crippen LogP) is 2.99. The van der Waals surface area contributed by atoms with E-state index in [1.165, 1.54) is 12.1 Å². The van der Waals surface area contributed by atoms with Gasteiger partial charge in [-0.3, -0.25) is 0 Å². The number of hydrogen-bond acceptors (Lipinski definition) is 4. The van der Waals surface area contributed by atoms with Crippen molar-refractivity contribution in [3.05, 3.63) is 52.8 Å². The third-order valence-electron chi connectivity index (χ3n) is 2.60. The number of nitrogen functional groups attached to an aromatic ring is 1. The van der Waals surface area contributed by atoms with Crippen LogP contribution in [0.4, 0.5) is 10.1 Å². The molecule has 0 aliphatic carbocycles. The zero-order valence-electron chi connectivity index (χ0n) is 11.1. The molecule has 0 aliphatic heterocycles. The standard InChI is InChI=1S/C15H15BrFNO3/c16-10-5-11(17)7-15(6-10)21-9-13(19)8-20-14-3-1-12(18)2-4-14/h1-7,13,19H,8-9,18H2. The summed E-state index contributed by atoms with van der Waals surface area (Å²) in [4.78, 5) is 0. The summed E-state index contributed by atoms with van der Waals surface area (Å²) in [5.41, 5.74) is 6.20. The van der Waals surface area contributed by atoms with Crippen molar-refractivity contribution in [3.63, 3.8) is 0 Å². The maximum atomic E-state index is 13.1. The number of ether oxygens (including phenoxy) is 2. The molecule has 0 fully saturated rings. The highest BCUT2D eigenvalue weighted by molar-refractivity contribution is 9.10. The van der Waals surface area contributed by atoms with E-state index in [0.29, 0.717) is 21.7 Å². The van der Waals surface area contributed by atoms with Crippen LogP contribution >= 0.6 is 15.9 Å². The Morgan fingerprint density at radius 3 is 2.29 bits per heavy atom. The molecule has 0 heterocycles. The summed E-state index contributed by atoms with van der Waals surface area (Å²) in [7, 11) is 0. The van der Waals surface area contributed by atoms with E-state index in [1.807, 2.05) is 0 Å². The molecule has 1 unspecified atom stereocenters. The Labute approximate surface area is 130 Å². The second-order valence-corrected chi connectivity index (χ2v) is 5.37. The molecule has 0 bridgehead atoms. The van der Waals surface area contributed by atoms with Crippen molar-refractivity contribution in [1.29, 1.82) is 0 Å². The lowest BCUT2D eigenvalue weighted by Gasteiger charge is -2.14.